The van der Waals surface area contributed by atoms with Gasteiger partial charge < -0.3 is 15.2 Å². The number of hydrogen-bond donors (Lipinski definition) is 2. The van der Waals surface area contributed by atoms with Gasteiger partial charge in [0.05, 0.1) is 7.11 Å². The first-order valence-electron chi connectivity index (χ1n) is 5.71. The van der Waals surface area contributed by atoms with E-state index in [4.69, 9.17) is 16.7 Å². The Morgan fingerprint density at radius 2 is 2.39 bits per heavy atom. The first-order valence-corrected chi connectivity index (χ1v) is 6.91. The number of nitrogens with one attached hydrogen (secondary N) is 1. The number of aliphatic hydroxyl groups is 1. The van der Waals surface area contributed by atoms with Crippen molar-refractivity contribution in [2.45, 2.75) is 19.8 Å². The maximum absolute atomic E-state index is 11.3. The van der Waals surface area contributed by atoms with Gasteiger partial charge >= 0.3 is 5.97 Å². The lowest BCUT2D eigenvalue weighted by Crippen LogP contribution is -2.14. The molecule has 0 aliphatic heterocycles. The molecule has 0 bridgehead atoms. The van der Waals surface area contributed by atoms with E-state index in [2.05, 4.69) is 22.0 Å². The maximum atomic E-state index is 11.3. The summed E-state index contributed by atoms with van der Waals surface area (Å²) in [6.45, 7) is 2.93. The summed E-state index contributed by atoms with van der Waals surface area (Å²) in [7, 11) is 1.31. The van der Waals surface area contributed by atoms with Crippen LogP contribution in [0, 0.1) is 5.92 Å². The van der Waals surface area contributed by atoms with E-state index in [1.165, 1.54) is 18.4 Å². The SMILES string of the molecule is CCC(CCO)CNc1nc(Cl)c(C(=O)OC)s1. The average molecular weight is 293 g/mol. The van der Waals surface area contributed by atoms with E-state index in [0.29, 0.717) is 22.5 Å². The van der Waals surface area contributed by atoms with Gasteiger partial charge in [-0.2, -0.15) is 0 Å². The van der Waals surface area contributed by atoms with E-state index in [-0.39, 0.29) is 11.8 Å². The van der Waals surface area contributed by atoms with Crippen molar-refractivity contribution in [1.29, 1.82) is 0 Å². The Bertz CT molecular complexity index is 398. The van der Waals surface area contributed by atoms with Crippen LogP contribution in [-0.4, -0.2) is 36.3 Å². The van der Waals surface area contributed by atoms with E-state index in [9.17, 15) is 4.79 Å². The number of methoxy groups -OCH3 is 1. The number of thiazole rings is 1. The molecule has 0 spiro atoms. The molecule has 0 aliphatic rings. The second-order valence-electron chi connectivity index (χ2n) is 3.80. The molecule has 0 saturated heterocycles. The quantitative estimate of drug-likeness (QED) is 0.755. The van der Waals surface area contributed by atoms with Gasteiger partial charge in [-0.15, -0.1) is 0 Å². The molecule has 102 valence electrons. The summed E-state index contributed by atoms with van der Waals surface area (Å²) in [4.78, 5) is 15.7. The molecule has 18 heavy (non-hydrogen) atoms. The summed E-state index contributed by atoms with van der Waals surface area (Å²) >= 11 is 7.02. The summed E-state index contributed by atoms with van der Waals surface area (Å²) in [6.07, 6.45) is 1.71. The van der Waals surface area contributed by atoms with Gasteiger partial charge in [0.2, 0.25) is 0 Å². The Morgan fingerprint density at radius 1 is 1.67 bits per heavy atom. The largest absolute Gasteiger partial charge is 0.465 e. The molecule has 0 aliphatic carbocycles. The summed E-state index contributed by atoms with van der Waals surface area (Å²) < 4.78 is 4.60. The topological polar surface area (TPSA) is 71.5 Å². The number of aromatic nitrogens is 1. The van der Waals surface area contributed by atoms with Crippen molar-refractivity contribution in [2.24, 2.45) is 5.92 Å². The number of carbonyl (C=O) groups excluding carboxylic acids is 1. The van der Waals surface area contributed by atoms with Crippen molar-refractivity contribution in [3.8, 4) is 0 Å². The van der Waals surface area contributed by atoms with Crippen LogP contribution in [0.1, 0.15) is 29.4 Å². The minimum Gasteiger partial charge on any atom is -0.465 e. The van der Waals surface area contributed by atoms with Crippen LogP contribution in [-0.2, 0) is 4.74 Å². The molecule has 0 saturated carbocycles. The number of hydrogen-bond acceptors (Lipinski definition) is 6. The number of aliphatic hydroxyl groups excluding tert-OH is 1. The molecule has 2 N–H and O–H groups in total. The standard InChI is InChI=1S/C11H17ClN2O3S/c1-3-7(4-5-15)6-13-11-14-9(12)8(18-11)10(16)17-2/h7,15H,3-6H2,1-2H3,(H,13,14). The lowest BCUT2D eigenvalue weighted by atomic mass is 10.0. The lowest BCUT2D eigenvalue weighted by molar-refractivity contribution is 0.0606. The third-order valence-electron chi connectivity index (χ3n) is 2.61. The number of ether oxygens (including phenoxy) is 1. The molecule has 0 radical (unpaired) electrons. The van der Waals surface area contributed by atoms with Crippen molar-refractivity contribution in [1.82, 2.24) is 4.98 Å². The molecular formula is C11H17ClN2O3S. The first kappa shape index (κ1) is 15.2. The molecule has 0 fully saturated rings. The molecule has 1 atom stereocenters. The Labute approximate surface area is 115 Å². The summed E-state index contributed by atoms with van der Waals surface area (Å²) in [5.41, 5.74) is 0. The second-order valence-corrected chi connectivity index (χ2v) is 5.16. The van der Waals surface area contributed by atoms with Crippen LogP contribution >= 0.6 is 22.9 Å². The van der Waals surface area contributed by atoms with Crippen LogP contribution in [0.25, 0.3) is 0 Å². The van der Waals surface area contributed by atoms with Crippen molar-refractivity contribution in [2.75, 3.05) is 25.6 Å². The predicted molar refractivity (Wildman–Crippen MR) is 72.4 cm³/mol. The number of esters is 1. The van der Waals surface area contributed by atoms with Crippen LogP contribution in [0.3, 0.4) is 0 Å². The van der Waals surface area contributed by atoms with Crippen molar-refractivity contribution >= 4 is 34.0 Å². The molecule has 1 heterocycles. The highest BCUT2D eigenvalue weighted by Crippen LogP contribution is 2.27. The Morgan fingerprint density at radius 3 is 2.94 bits per heavy atom. The van der Waals surface area contributed by atoms with E-state index >= 15 is 0 Å². The third kappa shape index (κ3) is 4.12. The van der Waals surface area contributed by atoms with Crippen LogP contribution in [0.5, 0.6) is 0 Å². The van der Waals surface area contributed by atoms with Crippen LogP contribution in [0.15, 0.2) is 0 Å². The molecule has 1 unspecified atom stereocenters. The van der Waals surface area contributed by atoms with Gasteiger partial charge in [0.25, 0.3) is 0 Å². The zero-order valence-electron chi connectivity index (χ0n) is 10.4. The fourth-order valence-electron chi connectivity index (χ4n) is 1.46. The molecule has 1 aromatic heterocycles. The minimum atomic E-state index is -0.479. The summed E-state index contributed by atoms with van der Waals surface area (Å²) in [5, 5.41) is 12.8. The Hall–Kier alpha value is -0.850. The predicted octanol–water partition coefficient (Wildman–Crippen LogP) is 2.40. The number of carbonyl (C=O) groups is 1. The smallest absolute Gasteiger partial charge is 0.351 e. The highest BCUT2D eigenvalue weighted by atomic mass is 35.5. The van der Waals surface area contributed by atoms with Gasteiger partial charge in [-0.25, -0.2) is 9.78 Å². The molecular weight excluding hydrogens is 276 g/mol. The fourth-order valence-corrected chi connectivity index (χ4v) is 2.57. The van der Waals surface area contributed by atoms with Gasteiger partial charge in [0, 0.05) is 13.2 Å². The lowest BCUT2D eigenvalue weighted by Gasteiger charge is -2.13. The Kier molecular flexibility index (Phi) is 6.38. The number of rotatable bonds is 7. The summed E-state index contributed by atoms with van der Waals surface area (Å²) in [5.74, 6) is -0.104. The minimum absolute atomic E-state index is 0.157. The van der Waals surface area contributed by atoms with E-state index < -0.39 is 5.97 Å². The van der Waals surface area contributed by atoms with Crippen LogP contribution < -0.4 is 5.32 Å². The Balaban J connectivity index is 2.60. The summed E-state index contributed by atoms with van der Waals surface area (Å²) in [6, 6.07) is 0. The normalized spacial score (nSPS) is 12.2. The zero-order valence-corrected chi connectivity index (χ0v) is 12.0. The molecule has 7 heteroatoms. The van der Waals surface area contributed by atoms with Gasteiger partial charge in [-0.05, 0) is 12.3 Å². The molecule has 0 amide bonds. The molecule has 1 rings (SSSR count). The van der Waals surface area contributed by atoms with Crippen molar-refractivity contribution in [3.63, 3.8) is 0 Å². The van der Waals surface area contributed by atoms with Gasteiger partial charge in [0.15, 0.2) is 15.2 Å². The van der Waals surface area contributed by atoms with Crippen molar-refractivity contribution in [3.05, 3.63) is 10.0 Å². The van der Waals surface area contributed by atoms with Crippen LogP contribution in [0.4, 0.5) is 5.13 Å². The van der Waals surface area contributed by atoms with E-state index in [1.54, 1.807) is 0 Å². The van der Waals surface area contributed by atoms with Gasteiger partial charge in [0.1, 0.15) is 0 Å². The molecule has 0 aromatic carbocycles. The highest BCUT2D eigenvalue weighted by Gasteiger charge is 2.17. The van der Waals surface area contributed by atoms with Gasteiger partial charge in [-0.3, -0.25) is 0 Å². The monoisotopic (exact) mass is 292 g/mol. The highest BCUT2D eigenvalue weighted by molar-refractivity contribution is 7.18. The maximum Gasteiger partial charge on any atom is 0.351 e. The number of nitrogens with zero attached hydrogens (tertiary/aromatic N) is 1. The van der Waals surface area contributed by atoms with Gasteiger partial charge in [-0.1, -0.05) is 36.3 Å². The number of anilines is 1. The van der Waals surface area contributed by atoms with Crippen molar-refractivity contribution < 1.29 is 14.6 Å². The average Bonchev–Trinajstić information content (AvgIpc) is 2.74. The molecule has 1 aromatic rings. The third-order valence-corrected chi connectivity index (χ3v) is 3.99. The second kappa shape index (κ2) is 7.56. The van der Waals surface area contributed by atoms with E-state index in [0.717, 1.165) is 12.8 Å². The first-order chi connectivity index (χ1) is 8.62. The molecule has 5 nitrogen and oxygen atoms in total. The van der Waals surface area contributed by atoms with E-state index in [1.807, 2.05) is 0 Å². The fraction of sp³-hybridized carbons (Fsp3) is 0.636. The van der Waals surface area contributed by atoms with Crippen LogP contribution in [0.2, 0.25) is 5.15 Å². The number of halogens is 1. The zero-order chi connectivity index (χ0) is 13.5.